The molecule has 0 bridgehead atoms. The van der Waals surface area contributed by atoms with Crippen LogP contribution < -0.4 is 5.32 Å². The van der Waals surface area contributed by atoms with Gasteiger partial charge in [-0.2, -0.15) is 5.10 Å². The third-order valence-electron chi connectivity index (χ3n) is 2.58. The Morgan fingerprint density at radius 3 is 2.41 bits per heavy atom. The SMILES string of the molecule is CC(C)(CCl)C(=O)Nc1cc(C(C)(C)C)[nH]n1. The third kappa shape index (κ3) is 3.46. The van der Waals surface area contributed by atoms with Gasteiger partial charge in [0.15, 0.2) is 5.82 Å². The summed E-state index contributed by atoms with van der Waals surface area (Å²) in [5, 5.41) is 9.75. The fourth-order valence-electron chi connectivity index (χ4n) is 1.12. The number of nitrogens with zero attached hydrogens (tertiary/aromatic N) is 1. The molecule has 0 fully saturated rings. The summed E-state index contributed by atoms with van der Waals surface area (Å²) >= 11 is 5.74. The average molecular weight is 258 g/mol. The topological polar surface area (TPSA) is 57.8 Å². The van der Waals surface area contributed by atoms with Crippen LogP contribution in [-0.4, -0.2) is 22.0 Å². The molecular formula is C12H20ClN3O. The predicted molar refractivity (Wildman–Crippen MR) is 70.4 cm³/mol. The predicted octanol–water partition coefficient (Wildman–Crippen LogP) is 2.91. The van der Waals surface area contributed by atoms with E-state index in [0.717, 1.165) is 5.69 Å². The van der Waals surface area contributed by atoms with Crippen molar-refractivity contribution in [1.29, 1.82) is 0 Å². The molecule has 0 aliphatic heterocycles. The van der Waals surface area contributed by atoms with E-state index < -0.39 is 5.41 Å². The van der Waals surface area contributed by atoms with Crippen molar-refractivity contribution < 1.29 is 4.79 Å². The monoisotopic (exact) mass is 257 g/mol. The van der Waals surface area contributed by atoms with E-state index in [9.17, 15) is 4.79 Å². The number of hydrogen-bond donors (Lipinski definition) is 2. The van der Waals surface area contributed by atoms with Crippen LogP contribution in [0.15, 0.2) is 6.07 Å². The highest BCUT2D eigenvalue weighted by Gasteiger charge is 2.27. The van der Waals surface area contributed by atoms with E-state index in [1.165, 1.54) is 0 Å². The largest absolute Gasteiger partial charge is 0.309 e. The van der Waals surface area contributed by atoms with E-state index in [1.807, 2.05) is 6.07 Å². The molecule has 0 atom stereocenters. The van der Waals surface area contributed by atoms with Crippen molar-refractivity contribution in [3.63, 3.8) is 0 Å². The molecule has 0 spiro atoms. The van der Waals surface area contributed by atoms with Gasteiger partial charge < -0.3 is 5.32 Å². The fourth-order valence-corrected chi connectivity index (χ4v) is 1.24. The number of hydrogen-bond acceptors (Lipinski definition) is 2. The minimum absolute atomic E-state index is 0.0159. The van der Waals surface area contributed by atoms with Gasteiger partial charge in [0.1, 0.15) is 0 Å². The van der Waals surface area contributed by atoms with Gasteiger partial charge in [-0.15, -0.1) is 11.6 Å². The van der Waals surface area contributed by atoms with E-state index in [2.05, 4.69) is 36.3 Å². The van der Waals surface area contributed by atoms with Crippen LogP contribution in [0.4, 0.5) is 5.82 Å². The van der Waals surface area contributed by atoms with Crippen LogP contribution in [0.3, 0.4) is 0 Å². The zero-order valence-electron chi connectivity index (χ0n) is 11.0. The molecule has 1 aromatic rings. The van der Waals surface area contributed by atoms with Crippen molar-refractivity contribution in [3.05, 3.63) is 11.8 Å². The standard InChI is InChI=1S/C12H20ClN3O/c1-11(2,3)8-6-9(16-15-8)14-10(17)12(4,5)7-13/h6H,7H2,1-5H3,(H2,14,15,16,17). The van der Waals surface area contributed by atoms with Gasteiger partial charge in [-0.1, -0.05) is 20.8 Å². The molecule has 4 nitrogen and oxygen atoms in total. The van der Waals surface area contributed by atoms with Gasteiger partial charge in [0, 0.05) is 23.1 Å². The number of anilines is 1. The molecule has 1 heterocycles. The van der Waals surface area contributed by atoms with Crippen LogP contribution in [0, 0.1) is 5.41 Å². The van der Waals surface area contributed by atoms with Crippen LogP contribution in [0.25, 0.3) is 0 Å². The molecule has 0 saturated heterocycles. The lowest BCUT2D eigenvalue weighted by Crippen LogP contribution is -2.32. The van der Waals surface area contributed by atoms with Gasteiger partial charge in [0.25, 0.3) is 0 Å². The minimum Gasteiger partial charge on any atom is -0.309 e. The molecular weight excluding hydrogens is 238 g/mol. The van der Waals surface area contributed by atoms with Gasteiger partial charge in [-0.05, 0) is 13.8 Å². The maximum atomic E-state index is 11.9. The number of H-pyrrole nitrogens is 1. The molecule has 1 aromatic heterocycles. The summed E-state index contributed by atoms with van der Waals surface area (Å²) in [6.07, 6.45) is 0. The number of rotatable bonds is 3. The molecule has 0 saturated carbocycles. The summed E-state index contributed by atoms with van der Waals surface area (Å²) in [4.78, 5) is 11.9. The lowest BCUT2D eigenvalue weighted by Gasteiger charge is -2.19. The first kappa shape index (κ1) is 14.0. The van der Waals surface area contributed by atoms with Gasteiger partial charge in [0.05, 0.1) is 5.41 Å². The second-order valence-corrected chi connectivity index (χ2v) is 6.16. The number of amides is 1. The van der Waals surface area contributed by atoms with E-state index in [-0.39, 0.29) is 17.2 Å². The molecule has 5 heteroatoms. The van der Waals surface area contributed by atoms with Crippen molar-refractivity contribution >= 4 is 23.3 Å². The highest BCUT2D eigenvalue weighted by Crippen LogP contribution is 2.24. The summed E-state index contributed by atoms with van der Waals surface area (Å²) in [7, 11) is 0. The number of carbonyl (C=O) groups is 1. The van der Waals surface area contributed by atoms with E-state index in [4.69, 9.17) is 11.6 Å². The van der Waals surface area contributed by atoms with Crippen LogP contribution in [0.5, 0.6) is 0 Å². The van der Waals surface area contributed by atoms with E-state index >= 15 is 0 Å². The maximum absolute atomic E-state index is 11.9. The Hall–Kier alpha value is -1.03. The molecule has 0 aliphatic carbocycles. The quantitative estimate of drug-likeness (QED) is 0.818. The molecule has 2 N–H and O–H groups in total. The van der Waals surface area contributed by atoms with E-state index in [0.29, 0.717) is 5.82 Å². The zero-order chi connectivity index (χ0) is 13.3. The Morgan fingerprint density at radius 1 is 1.41 bits per heavy atom. The first-order valence-electron chi connectivity index (χ1n) is 5.60. The Labute approximate surface area is 107 Å². The molecule has 0 unspecified atom stereocenters. The molecule has 1 rings (SSSR count). The van der Waals surface area contributed by atoms with Gasteiger partial charge in [-0.25, -0.2) is 0 Å². The third-order valence-corrected chi connectivity index (χ3v) is 3.24. The summed E-state index contributed by atoms with van der Waals surface area (Å²) in [6, 6.07) is 1.85. The Kier molecular flexibility index (Phi) is 3.87. The highest BCUT2D eigenvalue weighted by atomic mass is 35.5. The van der Waals surface area contributed by atoms with Gasteiger partial charge >= 0.3 is 0 Å². The van der Waals surface area contributed by atoms with Crippen molar-refractivity contribution in [3.8, 4) is 0 Å². The summed E-state index contributed by atoms with van der Waals surface area (Å²) < 4.78 is 0. The Morgan fingerprint density at radius 2 is 2.00 bits per heavy atom. The minimum atomic E-state index is -0.595. The summed E-state index contributed by atoms with van der Waals surface area (Å²) in [6.45, 7) is 9.83. The number of halogens is 1. The maximum Gasteiger partial charge on any atom is 0.232 e. The molecule has 0 aromatic carbocycles. The molecule has 0 aliphatic rings. The number of aromatic amines is 1. The van der Waals surface area contributed by atoms with Crippen LogP contribution in [0.1, 0.15) is 40.3 Å². The lowest BCUT2D eigenvalue weighted by atomic mass is 9.92. The van der Waals surface area contributed by atoms with Crippen molar-refractivity contribution in [2.45, 2.75) is 40.0 Å². The normalized spacial score (nSPS) is 12.6. The smallest absolute Gasteiger partial charge is 0.232 e. The van der Waals surface area contributed by atoms with Crippen LogP contribution >= 0.6 is 11.6 Å². The van der Waals surface area contributed by atoms with Gasteiger partial charge in [0.2, 0.25) is 5.91 Å². The Bertz CT molecular complexity index is 404. The first-order valence-corrected chi connectivity index (χ1v) is 6.13. The molecule has 17 heavy (non-hydrogen) atoms. The average Bonchev–Trinajstić information content (AvgIpc) is 2.65. The van der Waals surface area contributed by atoms with Crippen molar-refractivity contribution in [2.75, 3.05) is 11.2 Å². The fraction of sp³-hybridized carbons (Fsp3) is 0.667. The first-order chi connectivity index (χ1) is 7.66. The van der Waals surface area contributed by atoms with Crippen LogP contribution in [-0.2, 0) is 10.2 Å². The van der Waals surface area contributed by atoms with Crippen molar-refractivity contribution in [2.24, 2.45) is 5.41 Å². The summed E-state index contributed by atoms with van der Waals surface area (Å²) in [5.41, 5.74) is 0.372. The molecule has 96 valence electrons. The lowest BCUT2D eigenvalue weighted by molar-refractivity contribution is -0.123. The number of aromatic nitrogens is 2. The Balaban J connectivity index is 2.77. The number of carbonyl (C=O) groups excluding carboxylic acids is 1. The van der Waals surface area contributed by atoms with Crippen molar-refractivity contribution in [1.82, 2.24) is 10.2 Å². The van der Waals surface area contributed by atoms with Crippen LogP contribution in [0.2, 0.25) is 0 Å². The van der Waals surface area contributed by atoms with E-state index in [1.54, 1.807) is 13.8 Å². The highest BCUT2D eigenvalue weighted by molar-refractivity contribution is 6.20. The molecule has 1 amide bonds. The summed E-state index contributed by atoms with van der Waals surface area (Å²) in [5.74, 6) is 0.688. The molecule has 0 radical (unpaired) electrons. The second-order valence-electron chi connectivity index (χ2n) is 5.89. The number of alkyl halides is 1. The van der Waals surface area contributed by atoms with Gasteiger partial charge in [-0.3, -0.25) is 9.89 Å². The zero-order valence-corrected chi connectivity index (χ0v) is 11.8. The second kappa shape index (κ2) is 4.69. The number of nitrogens with one attached hydrogen (secondary N) is 2.